The molecule has 1 aliphatic rings. The van der Waals surface area contributed by atoms with Crippen LogP contribution in [0.5, 0.6) is 11.6 Å². The Balaban J connectivity index is 1.30. The molecular formula is C32H31ClN6O3S. The Morgan fingerprint density at radius 1 is 0.977 bits per heavy atom. The van der Waals surface area contributed by atoms with Crippen LogP contribution in [0.25, 0.3) is 22.0 Å². The molecule has 0 aliphatic carbocycles. The SMILES string of the molecule is Cc1ccc2c(NS(=O)(=O)Cc3ccccc3Cl)cccc2c1Oc1ncccc1-c1ccnc(NC2CCCNC2)n1. The molecule has 0 saturated carbocycles. The average Bonchev–Trinajstić information content (AvgIpc) is 3.00. The first-order valence-corrected chi connectivity index (χ1v) is 16.1. The lowest BCUT2D eigenvalue weighted by Gasteiger charge is -2.23. The second-order valence-corrected chi connectivity index (χ2v) is 12.6. The van der Waals surface area contributed by atoms with Crippen LogP contribution in [0.4, 0.5) is 11.6 Å². The first-order chi connectivity index (χ1) is 20.9. The fraction of sp³-hybridized carbons (Fsp3) is 0.219. The van der Waals surface area contributed by atoms with Gasteiger partial charge in [-0.2, -0.15) is 0 Å². The van der Waals surface area contributed by atoms with Gasteiger partial charge in [-0.3, -0.25) is 4.72 Å². The normalized spacial score (nSPS) is 15.3. The minimum Gasteiger partial charge on any atom is -0.437 e. The number of aryl methyl sites for hydroxylation is 1. The molecule has 43 heavy (non-hydrogen) atoms. The summed E-state index contributed by atoms with van der Waals surface area (Å²) in [5.74, 6) is 1.26. The van der Waals surface area contributed by atoms with Gasteiger partial charge in [0, 0.05) is 40.8 Å². The van der Waals surface area contributed by atoms with E-state index in [2.05, 4.69) is 25.3 Å². The van der Waals surface area contributed by atoms with Crippen molar-refractivity contribution in [3.63, 3.8) is 0 Å². The number of hydrogen-bond acceptors (Lipinski definition) is 8. The molecule has 1 fully saturated rings. The molecule has 11 heteroatoms. The molecule has 5 aromatic rings. The molecule has 0 radical (unpaired) electrons. The fourth-order valence-corrected chi connectivity index (χ4v) is 6.72. The monoisotopic (exact) mass is 614 g/mol. The minimum atomic E-state index is -3.75. The van der Waals surface area contributed by atoms with Crippen LogP contribution in [0.3, 0.4) is 0 Å². The number of fused-ring (bicyclic) bond motifs is 1. The summed E-state index contributed by atoms with van der Waals surface area (Å²) in [6.07, 6.45) is 5.55. The highest BCUT2D eigenvalue weighted by molar-refractivity contribution is 7.92. The van der Waals surface area contributed by atoms with Gasteiger partial charge in [0.05, 0.1) is 22.7 Å². The molecule has 1 aliphatic heterocycles. The van der Waals surface area contributed by atoms with Crippen molar-refractivity contribution < 1.29 is 13.2 Å². The molecular weight excluding hydrogens is 584 g/mol. The molecule has 2 aromatic heterocycles. The van der Waals surface area contributed by atoms with Crippen LogP contribution in [0.15, 0.2) is 85.2 Å². The van der Waals surface area contributed by atoms with E-state index in [1.807, 2.05) is 43.3 Å². The van der Waals surface area contributed by atoms with E-state index in [-0.39, 0.29) is 11.8 Å². The molecule has 3 N–H and O–H groups in total. The Morgan fingerprint density at radius 3 is 2.70 bits per heavy atom. The summed E-state index contributed by atoms with van der Waals surface area (Å²) in [4.78, 5) is 13.7. The van der Waals surface area contributed by atoms with Crippen LogP contribution >= 0.6 is 11.6 Å². The van der Waals surface area contributed by atoms with Crippen LogP contribution in [0, 0.1) is 6.92 Å². The van der Waals surface area contributed by atoms with Crippen molar-refractivity contribution in [2.45, 2.75) is 31.6 Å². The van der Waals surface area contributed by atoms with E-state index in [0.29, 0.717) is 50.5 Å². The van der Waals surface area contributed by atoms with E-state index in [1.54, 1.807) is 48.8 Å². The van der Waals surface area contributed by atoms with Crippen LogP contribution in [0.2, 0.25) is 5.02 Å². The van der Waals surface area contributed by atoms with Gasteiger partial charge in [0.1, 0.15) is 5.75 Å². The lowest BCUT2D eigenvalue weighted by molar-refractivity contribution is 0.466. The van der Waals surface area contributed by atoms with Crippen LogP contribution in [-0.4, -0.2) is 42.5 Å². The molecule has 3 aromatic carbocycles. The first-order valence-electron chi connectivity index (χ1n) is 14.1. The summed E-state index contributed by atoms with van der Waals surface area (Å²) >= 11 is 6.22. The third kappa shape index (κ3) is 6.72. The maximum atomic E-state index is 13.1. The third-order valence-electron chi connectivity index (χ3n) is 7.31. The van der Waals surface area contributed by atoms with Crippen LogP contribution < -0.4 is 20.1 Å². The van der Waals surface area contributed by atoms with E-state index in [1.165, 1.54) is 0 Å². The summed E-state index contributed by atoms with van der Waals surface area (Å²) in [5, 5.41) is 8.66. The number of ether oxygens (including phenoxy) is 1. The molecule has 3 heterocycles. The molecule has 0 amide bonds. The molecule has 9 nitrogen and oxygen atoms in total. The number of pyridine rings is 1. The smallest absolute Gasteiger partial charge is 0.236 e. The van der Waals surface area contributed by atoms with Gasteiger partial charge in [0.2, 0.25) is 21.9 Å². The van der Waals surface area contributed by atoms with E-state index < -0.39 is 10.0 Å². The molecule has 1 unspecified atom stereocenters. The Bertz CT molecular complexity index is 1880. The molecule has 1 saturated heterocycles. The Labute approximate surface area is 255 Å². The zero-order valence-corrected chi connectivity index (χ0v) is 25.1. The summed E-state index contributed by atoms with van der Waals surface area (Å²) in [7, 11) is -3.75. The number of benzene rings is 3. The second kappa shape index (κ2) is 12.5. The van der Waals surface area contributed by atoms with Crippen molar-refractivity contribution in [2.75, 3.05) is 23.1 Å². The van der Waals surface area contributed by atoms with E-state index >= 15 is 0 Å². The number of sulfonamides is 1. The average molecular weight is 615 g/mol. The van der Waals surface area contributed by atoms with E-state index in [9.17, 15) is 8.42 Å². The molecule has 1 atom stereocenters. The predicted molar refractivity (Wildman–Crippen MR) is 171 cm³/mol. The molecule has 220 valence electrons. The van der Waals surface area contributed by atoms with Crippen molar-refractivity contribution >= 4 is 44.0 Å². The van der Waals surface area contributed by atoms with Crippen molar-refractivity contribution in [3.05, 3.63) is 101 Å². The maximum absolute atomic E-state index is 13.1. The lowest BCUT2D eigenvalue weighted by Crippen LogP contribution is -2.38. The summed E-state index contributed by atoms with van der Waals surface area (Å²) in [6, 6.07) is 22.0. The third-order valence-corrected chi connectivity index (χ3v) is 8.90. The number of aromatic nitrogens is 3. The largest absolute Gasteiger partial charge is 0.437 e. The Kier molecular flexibility index (Phi) is 8.42. The maximum Gasteiger partial charge on any atom is 0.236 e. The van der Waals surface area contributed by atoms with E-state index in [4.69, 9.17) is 21.3 Å². The predicted octanol–water partition coefficient (Wildman–Crippen LogP) is 6.55. The quantitative estimate of drug-likeness (QED) is 0.171. The summed E-state index contributed by atoms with van der Waals surface area (Å²) in [6.45, 7) is 3.84. The zero-order valence-electron chi connectivity index (χ0n) is 23.5. The Morgan fingerprint density at radius 2 is 1.86 bits per heavy atom. The zero-order chi connectivity index (χ0) is 29.8. The lowest BCUT2D eigenvalue weighted by atomic mass is 10.0. The number of piperidine rings is 1. The highest BCUT2D eigenvalue weighted by Gasteiger charge is 2.19. The second-order valence-electron chi connectivity index (χ2n) is 10.5. The van der Waals surface area contributed by atoms with Gasteiger partial charge in [-0.15, -0.1) is 0 Å². The first kappa shape index (κ1) is 28.9. The topological polar surface area (TPSA) is 118 Å². The molecule has 6 rings (SSSR count). The van der Waals surface area contributed by atoms with Gasteiger partial charge >= 0.3 is 0 Å². The molecule has 0 bridgehead atoms. The Hall–Kier alpha value is -4.25. The summed E-state index contributed by atoms with van der Waals surface area (Å²) in [5.41, 5.74) is 3.23. The molecule has 0 spiro atoms. The number of rotatable bonds is 9. The number of nitrogens with zero attached hydrogens (tertiary/aromatic N) is 3. The highest BCUT2D eigenvalue weighted by atomic mass is 35.5. The van der Waals surface area contributed by atoms with Gasteiger partial charge in [-0.1, -0.05) is 54.1 Å². The van der Waals surface area contributed by atoms with Gasteiger partial charge in [0.15, 0.2) is 0 Å². The fourth-order valence-electron chi connectivity index (χ4n) is 5.19. The van der Waals surface area contributed by atoms with Crippen molar-refractivity contribution in [1.82, 2.24) is 20.3 Å². The van der Waals surface area contributed by atoms with Gasteiger partial charge in [-0.05, 0) is 67.8 Å². The van der Waals surface area contributed by atoms with Crippen molar-refractivity contribution in [2.24, 2.45) is 0 Å². The van der Waals surface area contributed by atoms with Crippen molar-refractivity contribution in [1.29, 1.82) is 0 Å². The number of hydrogen-bond donors (Lipinski definition) is 3. The van der Waals surface area contributed by atoms with Gasteiger partial charge in [0.25, 0.3) is 0 Å². The minimum absolute atomic E-state index is 0.247. The van der Waals surface area contributed by atoms with Gasteiger partial charge in [-0.25, -0.2) is 23.4 Å². The van der Waals surface area contributed by atoms with Gasteiger partial charge < -0.3 is 15.4 Å². The highest BCUT2D eigenvalue weighted by Crippen LogP contribution is 2.39. The van der Waals surface area contributed by atoms with Crippen LogP contribution in [0.1, 0.15) is 24.0 Å². The number of halogens is 1. The van der Waals surface area contributed by atoms with Crippen molar-refractivity contribution in [3.8, 4) is 22.9 Å². The standard InChI is InChI=1S/C32H31ClN6O3S/c1-21-13-14-24-25(9-4-12-29(24)39-43(40,41)20-22-7-2-3-11-27(22)33)30(21)42-31-26(10-6-17-35-31)28-15-18-36-32(38-28)37-23-8-5-16-34-19-23/h2-4,6-7,9-15,17-18,23,34,39H,5,8,16,19-20H2,1H3,(H,36,37,38). The van der Waals surface area contributed by atoms with E-state index in [0.717, 1.165) is 36.9 Å². The number of nitrogens with one attached hydrogen (secondary N) is 3. The summed E-state index contributed by atoms with van der Waals surface area (Å²) < 4.78 is 35.5. The number of anilines is 2. The van der Waals surface area contributed by atoms with Crippen LogP contribution in [-0.2, 0) is 15.8 Å².